The molecular formula is C23H23NO2. The molecular weight excluding hydrogens is 322 g/mol. The zero-order valence-corrected chi connectivity index (χ0v) is 15.1. The van der Waals surface area contributed by atoms with E-state index in [0.717, 1.165) is 23.1 Å². The molecule has 3 aromatic carbocycles. The van der Waals surface area contributed by atoms with Gasteiger partial charge in [-0.3, -0.25) is 0 Å². The molecule has 0 saturated heterocycles. The highest BCUT2D eigenvalue weighted by atomic mass is 16.5. The zero-order chi connectivity index (χ0) is 18.4. The molecule has 0 amide bonds. The van der Waals surface area contributed by atoms with E-state index in [1.54, 1.807) is 14.2 Å². The van der Waals surface area contributed by atoms with E-state index in [4.69, 9.17) is 15.2 Å². The Morgan fingerprint density at radius 3 is 2.04 bits per heavy atom. The van der Waals surface area contributed by atoms with Crippen LogP contribution in [0.3, 0.4) is 0 Å². The minimum Gasteiger partial charge on any atom is -0.493 e. The number of nitrogen functional groups attached to an aromatic ring is 1. The lowest BCUT2D eigenvalue weighted by Crippen LogP contribution is -2.00. The van der Waals surface area contributed by atoms with Gasteiger partial charge in [0.2, 0.25) is 0 Å². The molecule has 0 aliphatic heterocycles. The molecule has 3 heteroatoms. The van der Waals surface area contributed by atoms with Crippen LogP contribution in [0.2, 0.25) is 0 Å². The van der Waals surface area contributed by atoms with Gasteiger partial charge in [0.15, 0.2) is 11.5 Å². The number of ether oxygens (including phenoxy) is 2. The van der Waals surface area contributed by atoms with E-state index in [1.165, 1.54) is 5.56 Å². The molecule has 3 nitrogen and oxygen atoms in total. The number of nitrogens with two attached hydrogens (primary N) is 1. The lowest BCUT2D eigenvalue weighted by molar-refractivity contribution is 0.355. The summed E-state index contributed by atoms with van der Waals surface area (Å²) < 4.78 is 10.8. The molecule has 26 heavy (non-hydrogen) atoms. The van der Waals surface area contributed by atoms with E-state index in [0.29, 0.717) is 17.2 Å². The van der Waals surface area contributed by atoms with Crippen LogP contribution < -0.4 is 15.2 Å². The van der Waals surface area contributed by atoms with Gasteiger partial charge in [0, 0.05) is 17.3 Å². The number of allylic oxidation sites excluding steroid dienone is 1. The normalized spacial score (nSPS) is 11.2. The van der Waals surface area contributed by atoms with Crippen LogP contribution in [0.4, 0.5) is 5.69 Å². The van der Waals surface area contributed by atoms with Crippen molar-refractivity contribution < 1.29 is 9.47 Å². The van der Waals surface area contributed by atoms with Crippen LogP contribution in [0.1, 0.15) is 16.7 Å². The molecule has 0 bridgehead atoms. The standard InChI is InChI=1S/C23H23NO2/c1-25-22-15-20(21(24)16-23(22)26-2)19(18-11-7-4-8-12-18)14-13-17-9-5-3-6-10-17/h3-12,14-16H,13,24H2,1-2H3/b19-14+. The second kappa shape index (κ2) is 8.26. The lowest BCUT2D eigenvalue weighted by atomic mass is 9.94. The maximum Gasteiger partial charge on any atom is 0.162 e. The molecule has 0 aliphatic carbocycles. The SMILES string of the molecule is COc1cc(N)c(/C(=C/Cc2ccccc2)c2ccccc2)cc1OC. The molecule has 0 spiro atoms. The molecule has 3 aromatic rings. The summed E-state index contributed by atoms with van der Waals surface area (Å²) in [6, 6.07) is 24.4. The number of rotatable bonds is 6. The summed E-state index contributed by atoms with van der Waals surface area (Å²) in [7, 11) is 3.24. The summed E-state index contributed by atoms with van der Waals surface area (Å²) in [6.07, 6.45) is 3.03. The van der Waals surface area contributed by atoms with Gasteiger partial charge in [-0.05, 0) is 29.2 Å². The highest BCUT2D eigenvalue weighted by Crippen LogP contribution is 2.37. The Morgan fingerprint density at radius 2 is 1.42 bits per heavy atom. The number of methoxy groups -OCH3 is 2. The fourth-order valence-electron chi connectivity index (χ4n) is 2.96. The van der Waals surface area contributed by atoms with Crippen LogP contribution in [0.15, 0.2) is 78.9 Å². The minimum absolute atomic E-state index is 0.629. The molecule has 0 unspecified atom stereocenters. The van der Waals surface area contributed by atoms with Crippen LogP contribution in [0, 0.1) is 0 Å². The van der Waals surface area contributed by atoms with Gasteiger partial charge < -0.3 is 15.2 Å². The lowest BCUT2D eigenvalue weighted by Gasteiger charge is -2.16. The van der Waals surface area contributed by atoms with Crippen LogP contribution in [-0.2, 0) is 6.42 Å². The Morgan fingerprint density at radius 1 is 0.846 bits per heavy atom. The summed E-state index contributed by atoms with van der Waals surface area (Å²) in [6.45, 7) is 0. The fraction of sp³-hybridized carbons (Fsp3) is 0.130. The first-order valence-electron chi connectivity index (χ1n) is 8.54. The number of hydrogen-bond acceptors (Lipinski definition) is 3. The second-order valence-corrected chi connectivity index (χ2v) is 5.97. The largest absolute Gasteiger partial charge is 0.493 e. The molecule has 0 radical (unpaired) electrons. The van der Waals surface area contributed by atoms with Crippen molar-refractivity contribution in [3.63, 3.8) is 0 Å². The maximum atomic E-state index is 6.35. The first kappa shape index (κ1) is 17.6. The smallest absolute Gasteiger partial charge is 0.162 e. The predicted octanol–water partition coefficient (Wildman–Crippen LogP) is 4.96. The van der Waals surface area contributed by atoms with E-state index >= 15 is 0 Å². The summed E-state index contributed by atoms with van der Waals surface area (Å²) in [4.78, 5) is 0. The molecule has 0 fully saturated rings. The van der Waals surface area contributed by atoms with Crippen molar-refractivity contribution in [2.45, 2.75) is 6.42 Å². The van der Waals surface area contributed by atoms with Gasteiger partial charge in [-0.15, -0.1) is 0 Å². The van der Waals surface area contributed by atoms with Crippen molar-refractivity contribution in [3.8, 4) is 11.5 Å². The highest BCUT2D eigenvalue weighted by molar-refractivity contribution is 5.87. The van der Waals surface area contributed by atoms with Gasteiger partial charge in [-0.2, -0.15) is 0 Å². The highest BCUT2D eigenvalue weighted by Gasteiger charge is 2.14. The van der Waals surface area contributed by atoms with Crippen molar-refractivity contribution in [2.75, 3.05) is 20.0 Å². The molecule has 3 rings (SSSR count). The summed E-state index contributed by atoms with van der Waals surface area (Å²) >= 11 is 0. The monoisotopic (exact) mass is 345 g/mol. The van der Waals surface area contributed by atoms with E-state index < -0.39 is 0 Å². The van der Waals surface area contributed by atoms with Crippen LogP contribution in [0.25, 0.3) is 5.57 Å². The molecule has 132 valence electrons. The minimum atomic E-state index is 0.629. The van der Waals surface area contributed by atoms with E-state index in [2.05, 4.69) is 42.5 Å². The zero-order valence-electron chi connectivity index (χ0n) is 15.1. The van der Waals surface area contributed by atoms with E-state index in [-0.39, 0.29) is 0 Å². The van der Waals surface area contributed by atoms with Crippen molar-refractivity contribution in [1.82, 2.24) is 0 Å². The third-order valence-corrected chi connectivity index (χ3v) is 4.32. The number of benzene rings is 3. The molecule has 0 atom stereocenters. The van der Waals surface area contributed by atoms with Crippen molar-refractivity contribution >= 4 is 11.3 Å². The summed E-state index contributed by atoms with van der Waals surface area (Å²) in [5.74, 6) is 1.29. The van der Waals surface area contributed by atoms with E-state index in [1.807, 2.05) is 36.4 Å². The van der Waals surface area contributed by atoms with Crippen LogP contribution in [0.5, 0.6) is 11.5 Å². The molecule has 0 saturated carbocycles. The van der Waals surface area contributed by atoms with Gasteiger partial charge in [-0.1, -0.05) is 66.7 Å². The van der Waals surface area contributed by atoms with Gasteiger partial charge in [0.1, 0.15) is 0 Å². The van der Waals surface area contributed by atoms with Gasteiger partial charge in [0.25, 0.3) is 0 Å². The maximum absolute atomic E-state index is 6.35. The predicted molar refractivity (Wildman–Crippen MR) is 108 cm³/mol. The fourth-order valence-corrected chi connectivity index (χ4v) is 2.96. The Hall–Kier alpha value is -3.20. The van der Waals surface area contributed by atoms with Crippen molar-refractivity contribution in [1.29, 1.82) is 0 Å². The van der Waals surface area contributed by atoms with Crippen molar-refractivity contribution in [3.05, 3.63) is 95.6 Å². The van der Waals surface area contributed by atoms with Crippen molar-refractivity contribution in [2.24, 2.45) is 0 Å². The number of hydrogen-bond donors (Lipinski definition) is 1. The Bertz CT molecular complexity index is 887. The molecule has 0 aliphatic rings. The first-order chi connectivity index (χ1) is 12.7. The Balaban J connectivity index is 2.09. The average Bonchev–Trinajstić information content (AvgIpc) is 2.70. The average molecular weight is 345 g/mol. The third-order valence-electron chi connectivity index (χ3n) is 4.32. The molecule has 2 N–H and O–H groups in total. The van der Waals surface area contributed by atoms with Gasteiger partial charge in [-0.25, -0.2) is 0 Å². The molecule has 0 heterocycles. The summed E-state index contributed by atoms with van der Waals surface area (Å²) in [5, 5.41) is 0. The third kappa shape index (κ3) is 3.89. The van der Waals surface area contributed by atoms with E-state index in [9.17, 15) is 0 Å². The second-order valence-electron chi connectivity index (χ2n) is 5.97. The van der Waals surface area contributed by atoms with Crippen LogP contribution >= 0.6 is 0 Å². The Kier molecular flexibility index (Phi) is 5.59. The van der Waals surface area contributed by atoms with Gasteiger partial charge in [0.05, 0.1) is 14.2 Å². The first-order valence-corrected chi connectivity index (χ1v) is 8.54. The van der Waals surface area contributed by atoms with Gasteiger partial charge >= 0.3 is 0 Å². The number of anilines is 1. The van der Waals surface area contributed by atoms with Crippen LogP contribution in [-0.4, -0.2) is 14.2 Å². The summed E-state index contributed by atoms with van der Waals surface area (Å²) in [5.41, 5.74) is 11.4. The topological polar surface area (TPSA) is 44.5 Å². The molecule has 0 aromatic heterocycles. The Labute approximate surface area is 154 Å². The quantitative estimate of drug-likeness (QED) is 0.642.